The molecule has 0 unspecified atom stereocenters. The fourth-order valence-corrected chi connectivity index (χ4v) is 3.18. The molecule has 0 heterocycles. The third kappa shape index (κ3) is 3.52. The van der Waals surface area contributed by atoms with Crippen molar-refractivity contribution in [3.63, 3.8) is 0 Å². The van der Waals surface area contributed by atoms with Crippen LogP contribution in [0.15, 0.2) is 59.5 Å². The van der Waals surface area contributed by atoms with Gasteiger partial charge in [-0.25, -0.2) is 8.42 Å². The molecule has 0 saturated heterocycles. The van der Waals surface area contributed by atoms with Crippen molar-refractivity contribution < 1.29 is 8.42 Å². The molecule has 0 bridgehead atoms. The molecule has 0 aliphatic heterocycles. The van der Waals surface area contributed by atoms with Gasteiger partial charge in [-0.1, -0.05) is 42.5 Å². The predicted octanol–water partition coefficient (Wildman–Crippen LogP) is 3.64. The number of para-hydroxylation sites is 1. The van der Waals surface area contributed by atoms with Crippen LogP contribution in [0.1, 0.15) is 12.5 Å². The zero-order valence-corrected chi connectivity index (χ0v) is 12.7. The van der Waals surface area contributed by atoms with Gasteiger partial charge in [0.05, 0.1) is 5.69 Å². The summed E-state index contributed by atoms with van der Waals surface area (Å²) in [5, 5.41) is 0. The minimum absolute atomic E-state index is 0.152. The van der Waals surface area contributed by atoms with Gasteiger partial charge in [0.25, 0.3) is 9.05 Å². The van der Waals surface area contributed by atoms with E-state index in [0.717, 1.165) is 5.56 Å². The minimum atomic E-state index is -3.75. The summed E-state index contributed by atoms with van der Waals surface area (Å²) in [5.74, 6) is 0. The predicted molar refractivity (Wildman–Crippen MR) is 82.6 cm³/mol. The SMILES string of the molecule is CCN(Cc1ccccc1)c1ccccc1S(=O)(=O)Cl. The fourth-order valence-electron chi connectivity index (χ4n) is 2.10. The summed E-state index contributed by atoms with van der Waals surface area (Å²) in [6, 6.07) is 16.7. The van der Waals surface area contributed by atoms with Crippen molar-refractivity contribution in [3.05, 3.63) is 60.2 Å². The van der Waals surface area contributed by atoms with Crippen molar-refractivity contribution in [2.75, 3.05) is 11.4 Å². The minimum Gasteiger partial charge on any atom is -0.366 e. The van der Waals surface area contributed by atoms with Gasteiger partial charge in [0.2, 0.25) is 0 Å². The van der Waals surface area contributed by atoms with Crippen molar-refractivity contribution >= 4 is 25.4 Å². The third-order valence-electron chi connectivity index (χ3n) is 3.07. The van der Waals surface area contributed by atoms with Crippen LogP contribution in [0.3, 0.4) is 0 Å². The maximum atomic E-state index is 11.7. The van der Waals surface area contributed by atoms with E-state index in [2.05, 4.69) is 0 Å². The molecule has 20 heavy (non-hydrogen) atoms. The second-order valence-corrected chi connectivity index (χ2v) is 6.94. The van der Waals surface area contributed by atoms with Crippen LogP contribution in [0.4, 0.5) is 5.69 Å². The lowest BCUT2D eigenvalue weighted by Crippen LogP contribution is -2.23. The van der Waals surface area contributed by atoms with Crippen molar-refractivity contribution in [2.45, 2.75) is 18.4 Å². The monoisotopic (exact) mass is 309 g/mol. The van der Waals surface area contributed by atoms with Gasteiger partial charge in [-0.2, -0.15) is 0 Å². The maximum Gasteiger partial charge on any atom is 0.263 e. The molecular formula is C15H16ClNO2S. The van der Waals surface area contributed by atoms with Gasteiger partial charge in [-0.3, -0.25) is 0 Å². The molecule has 0 aliphatic rings. The number of hydrogen-bond acceptors (Lipinski definition) is 3. The van der Waals surface area contributed by atoms with Crippen LogP contribution in [-0.4, -0.2) is 15.0 Å². The zero-order chi connectivity index (χ0) is 14.6. The topological polar surface area (TPSA) is 37.4 Å². The molecular weight excluding hydrogens is 294 g/mol. The average Bonchev–Trinajstić information content (AvgIpc) is 2.45. The van der Waals surface area contributed by atoms with Gasteiger partial charge in [-0.15, -0.1) is 0 Å². The number of nitrogens with zero attached hydrogens (tertiary/aromatic N) is 1. The van der Waals surface area contributed by atoms with E-state index in [9.17, 15) is 8.42 Å². The van der Waals surface area contributed by atoms with Gasteiger partial charge in [0, 0.05) is 23.8 Å². The second kappa shape index (κ2) is 6.29. The Labute approximate surface area is 124 Å². The van der Waals surface area contributed by atoms with Crippen LogP contribution < -0.4 is 4.90 Å². The Hall–Kier alpha value is -1.52. The maximum absolute atomic E-state index is 11.7. The first-order valence-electron chi connectivity index (χ1n) is 6.35. The van der Waals surface area contributed by atoms with Gasteiger partial charge < -0.3 is 4.90 Å². The molecule has 0 saturated carbocycles. The molecule has 0 spiro atoms. The Morgan fingerprint density at radius 2 is 1.60 bits per heavy atom. The Morgan fingerprint density at radius 3 is 2.20 bits per heavy atom. The Bertz CT molecular complexity index is 671. The first-order valence-corrected chi connectivity index (χ1v) is 8.66. The van der Waals surface area contributed by atoms with E-state index in [1.165, 1.54) is 6.07 Å². The Balaban J connectivity index is 2.38. The van der Waals surface area contributed by atoms with Crippen LogP contribution in [-0.2, 0) is 15.6 Å². The van der Waals surface area contributed by atoms with Crippen LogP contribution in [0.25, 0.3) is 0 Å². The zero-order valence-electron chi connectivity index (χ0n) is 11.2. The van der Waals surface area contributed by atoms with E-state index in [-0.39, 0.29) is 4.90 Å². The Kier molecular flexibility index (Phi) is 4.68. The first-order chi connectivity index (χ1) is 9.52. The van der Waals surface area contributed by atoms with Crippen LogP contribution in [0.5, 0.6) is 0 Å². The summed E-state index contributed by atoms with van der Waals surface area (Å²) in [5.41, 5.74) is 1.75. The van der Waals surface area contributed by atoms with Crippen LogP contribution in [0.2, 0.25) is 0 Å². The smallest absolute Gasteiger partial charge is 0.263 e. The summed E-state index contributed by atoms with van der Waals surface area (Å²) < 4.78 is 23.3. The third-order valence-corrected chi connectivity index (χ3v) is 4.44. The number of halogens is 1. The van der Waals surface area contributed by atoms with Gasteiger partial charge >= 0.3 is 0 Å². The molecule has 0 radical (unpaired) electrons. The molecule has 0 N–H and O–H groups in total. The molecule has 3 nitrogen and oxygen atoms in total. The van der Waals surface area contributed by atoms with Crippen LogP contribution >= 0.6 is 10.7 Å². The molecule has 2 aromatic rings. The summed E-state index contributed by atoms with van der Waals surface area (Å²) in [4.78, 5) is 2.14. The summed E-state index contributed by atoms with van der Waals surface area (Å²) >= 11 is 0. The molecule has 0 atom stereocenters. The number of hydrogen-bond donors (Lipinski definition) is 0. The molecule has 5 heteroatoms. The highest BCUT2D eigenvalue weighted by molar-refractivity contribution is 8.13. The molecule has 0 fully saturated rings. The number of rotatable bonds is 5. The number of anilines is 1. The normalized spacial score (nSPS) is 11.3. The lowest BCUT2D eigenvalue weighted by molar-refractivity contribution is 0.609. The van der Waals surface area contributed by atoms with E-state index in [1.807, 2.05) is 48.2 Å². The Morgan fingerprint density at radius 1 is 1.00 bits per heavy atom. The summed E-state index contributed by atoms with van der Waals surface area (Å²) in [7, 11) is 1.76. The molecule has 2 aromatic carbocycles. The quantitative estimate of drug-likeness (QED) is 0.791. The van der Waals surface area contributed by atoms with E-state index < -0.39 is 9.05 Å². The lowest BCUT2D eigenvalue weighted by atomic mass is 10.2. The van der Waals surface area contributed by atoms with Gasteiger partial charge in [0.1, 0.15) is 4.90 Å². The highest BCUT2D eigenvalue weighted by Gasteiger charge is 2.18. The van der Waals surface area contributed by atoms with Crippen molar-refractivity contribution in [3.8, 4) is 0 Å². The molecule has 0 aromatic heterocycles. The van der Waals surface area contributed by atoms with Crippen LogP contribution in [0, 0.1) is 0 Å². The second-order valence-electron chi connectivity index (χ2n) is 4.41. The summed E-state index contributed by atoms with van der Waals surface area (Å²) in [6.07, 6.45) is 0. The number of benzene rings is 2. The highest BCUT2D eigenvalue weighted by atomic mass is 35.7. The summed E-state index contributed by atoms with van der Waals surface area (Å²) in [6.45, 7) is 3.32. The van der Waals surface area contributed by atoms with Crippen molar-refractivity contribution in [1.82, 2.24) is 0 Å². The fraction of sp³-hybridized carbons (Fsp3) is 0.200. The highest BCUT2D eigenvalue weighted by Crippen LogP contribution is 2.28. The van der Waals surface area contributed by atoms with Gasteiger partial charge in [-0.05, 0) is 24.6 Å². The van der Waals surface area contributed by atoms with E-state index in [0.29, 0.717) is 18.8 Å². The van der Waals surface area contributed by atoms with E-state index >= 15 is 0 Å². The molecule has 0 amide bonds. The van der Waals surface area contributed by atoms with Crippen molar-refractivity contribution in [2.24, 2.45) is 0 Å². The van der Waals surface area contributed by atoms with E-state index in [4.69, 9.17) is 10.7 Å². The first kappa shape index (κ1) is 14.9. The largest absolute Gasteiger partial charge is 0.366 e. The molecule has 106 valence electrons. The van der Waals surface area contributed by atoms with E-state index in [1.54, 1.807) is 12.1 Å². The van der Waals surface area contributed by atoms with Gasteiger partial charge in [0.15, 0.2) is 0 Å². The standard InChI is InChI=1S/C15H16ClNO2S/c1-2-17(12-13-8-4-3-5-9-13)14-10-6-7-11-15(14)20(16,18)19/h3-11H,2,12H2,1H3. The molecule has 2 rings (SSSR count). The van der Waals surface area contributed by atoms with Crippen molar-refractivity contribution in [1.29, 1.82) is 0 Å². The lowest BCUT2D eigenvalue weighted by Gasteiger charge is -2.25. The average molecular weight is 310 g/mol. The molecule has 0 aliphatic carbocycles.